The van der Waals surface area contributed by atoms with Crippen molar-refractivity contribution < 1.29 is 28.1 Å². The quantitative estimate of drug-likeness (QED) is 0.390. The first-order chi connectivity index (χ1) is 11.9. The second kappa shape index (κ2) is 12.3. The molecule has 144 valence electrons. The van der Waals surface area contributed by atoms with Crippen LogP contribution in [0.4, 0.5) is 13.2 Å². The molecule has 6 heteroatoms. The molecule has 0 amide bonds. The van der Waals surface area contributed by atoms with Crippen LogP contribution in [0.5, 0.6) is 0 Å². The summed E-state index contributed by atoms with van der Waals surface area (Å²) >= 11 is 0. The van der Waals surface area contributed by atoms with Gasteiger partial charge >= 0.3 is 0 Å². The minimum Gasteiger partial charge on any atom is -0.346 e. The van der Waals surface area contributed by atoms with E-state index in [2.05, 4.69) is 6.92 Å². The van der Waals surface area contributed by atoms with E-state index in [1.54, 1.807) is 0 Å². The molecule has 0 spiro atoms. The van der Waals surface area contributed by atoms with Crippen LogP contribution in [0, 0.1) is 17.5 Å². The molecule has 0 aliphatic carbocycles. The maximum atomic E-state index is 13.7. The number of benzene rings is 1. The van der Waals surface area contributed by atoms with Crippen molar-refractivity contribution in [1.29, 1.82) is 0 Å². The van der Waals surface area contributed by atoms with Crippen LogP contribution in [0.15, 0.2) is 12.1 Å². The average molecular weight is 362 g/mol. The lowest BCUT2D eigenvalue weighted by Gasteiger charge is -2.19. The smallest absolute Gasteiger partial charge is 0.266 e. The van der Waals surface area contributed by atoms with Gasteiger partial charge in [0.15, 0.2) is 0 Å². The van der Waals surface area contributed by atoms with Gasteiger partial charge in [-0.1, -0.05) is 51.9 Å². The molecule has 1 rings (SSSR count). The molecule has 2 N–H and O–H groups in total. The van der Waals surface area contributed by atoms with E-state index in [9.17, 15) is 13.2 Å². The first-order valence-electron chi connectivity index (χ1n) is 9.09. The Kier molecular flexibility index (Phi) is 10.8. The lowest BCUT2D eigenvalue weighted by Crippen LogP contribution is -2.22. The Morgan fingerprint density at radius 2 is 1.44 bits per heavy atom. The molecule has 1 aromatic rings. The molecule has 0 aliphatic heterocycles. The van der Waals surface area contributed by atoms with E-state index in [0.29, 0.717) is 18.6 Å². The van der Waals surface area contributed by atoms with Crippen LogP contribution in [0.25, 0.3) is 0 Å². The maximum Gasteiger partial charge on any atom is 0.266 e. The Bertz CT molecular complexity index is 472. The zero-order chi connectivity index (χ0) is 18.7. The maximum absolute atomic E-state index is 13.7. The van der Waals surface area contributed by atoms with E-state index in [-0.39, 0.29) is 18.4 Å². The number of aliphatic hydroxyl groups is 2. The predicted molar refractivity (Wildman–Crippen MR) is 90.3 cm³/mol. The molecule has 0 saturated carbocycles. The molecule has 0 heterocycles. The minimum atomic E-state index is -1.92. The Morgan fingerprint density at radius 3 is 2.00 bits per heavy atom. The van der Waals surface area contributed by atoms with Crippen LogP contribution in [0.3, 0.4) is 0 Å². The zero-order valence-electron chi connectivity index (χ0n) is 14.8. The molecule has 25 heavy (non-hydrogen) atoms. The van der Waals surface area contributed by atoms with Crippen LogP contribution in [0.1, 0.15) is 70.3 Å². The van der Waals surface area contributed by atoms with E-state index in [0.717, 1.165) is 19.3 Å². The fourth-order valence-corrected chi connectivity index (χ4v) is 2.90. The Hall–Kier alpha value is -1.11. The second-order valence-electron chi connectivity index (χ2n) is 6.38. The van der Waals surface area contributed by atoms with Crippen molar-refractivity contribution in [2.45, 2.75) is 83.7 Å². The zero-order valence-corrected chi connectivity index (χ0v) is 14.8. The van der Waals surface area contributed by atoms with E-state index in [1.165, 1.54) is 25.7 Å². The third kappa shape index (κ3) is 9.23. The third-order valence-electron chi connectivity index (χ3n) is 4.27. The van der Waals surface area contributed by atoms with Crippen molar-refractivity contribution in [2.24, 2.45) is 0 Å². The first-order valence-corrected chi connectivity index (χ1v) is 9.09. The van der Waals surface area contributed by atoms with Gasteiger partial charge in [0.2, 0.25) is 0 Å². The molecule has 0 aliphatic rings. The number of rotatable bonds is 13. The monoisotopic (exact) mass is 362 g/mol. The number of aliphatic hydroxyl groups excluding tert-OH is 1. The summed E-state index contributed by atoms with van der Waals surface area (Å²) in [6, 6.07) is 1.29. The molecule has 0 bridgehead atoms. The van der Waals surface area contributed by atoms with Crippen LogP contribution >= 0.6 is 0 Å². The predicted octanol–water partition coefficient (Wildman–Crippen LogP) is 4.83. The first kappa shape index (κ1) is 21.9. The SMILES string of the molecule is CCCCCCCCCC(CCc1c(F)cc(F)cc1F)OC(O)O. The highest BCUT2D eigenvalue weighted by molar-refractivity contribution is 5.21. The van der Waals surface area contributed by atoms with E-state index in [1.807, 2.05) is 0 Å². The molecule has 3 nitrogen and oxygen atoms in total. The van der Waals surface area contributed by atoms with Crippen molar-refractivity contribution >= 4 is 0 Å². The Balaban J connectivity index is 2.43. The average Bonchev–Trinajstić information content (AvgIpc) is 2.52. The van der Waals surface area contributed by atoms with Crippen molar-refractivity contribution in [3.05, 3.63) is 35.1 Å². The topological polar surface area (TPSA) is 49.7 Å². The summed E-state index contributed by atoms with van der Waals surface area (Å²) in [4.78, 5) is 0. The fraction of sp³-hybridized carbons (Fsp3) is 0.684. The summed E-state index contributed by atoms with van der Waals surface area (Å²) in [6.07, 6.45) is 8.08. The Morgan fingerprint density at radius 1 is 0.880 bits per heavy atom. The summed E-state index contributed by atoms with van der Waals surface area (Å²) in [6.45, 7) is 0.243. The number of hydrogen-bond donors (Lipinski definition) is 2. The summed E-state index contributed by atoms with van der Waals surface area (Å²) in [5.74, 6) is -2.83. The number of unbranched alkanes of at least 4 members (excludes halogenated alkanes) is 6. The normalized spacial score (nSPS) is 12.8. The highest BCUT2D eigenvalue weighted by Gasteiger charge is 2.17. The molecule has 1 unspecified atom stereocenters. The highest BCUT2D eigenvalue weighted by atomic mass is 19.1. The molecule has 1 aromatic carbocycles. The molecule has 0 fully saturated rings. The van der Waals surface area contributed by atoms with E-state index >= 15 is 0 Å². The number of hydrogen-bond acceptors (Lipinski definition) is 3. The minimum absolute atomic E-state index is 0.00579. The molecule has 1 atom stereocenters. The van der Waals surface area contributed by atoms with Gasteiger partial charge in [-0.3, -0.25) is 0 Å². The Labute approximate surface area is 147 Å². The lowest BCUT2D eigenvalue weighted by atomic mass is 10.0. The van der Waals surface area contributed by atoms with E-state index < -0.39 is 30.0 Å². The fourth-order valence-electron chi connectivity index (χ4n) is 2.90. The summed E-state index contributed by atoms with van der Waals surface area (Å²) in [7, 11) is 0. The van der Waals surface area contributed by atoms with Gasteiger partial charge < -0.3 is 14.9 Å². The van der Waals surface area contributed by atoms with Gasteiger partial charge in [-0.15, -0.1) is 0 Å². The van der Waals surface area contributed by atoms with Crippen molar-refractivity contribution in [3.8, 4) is 0 Å². The van der Waals surface area contributed by atoms with Gasteiger partial charge in [-0.25, -0.2) is 13.2 Å². The lowest BCUT2D eigenvalue weighted by molar-refractivity contribution is -0.257. The summed E-state index contributed by atoms with van der Waals surface area (Å²) in [5, 5.41) is 18.0. The molecule has 0 aromatic heterocycles. The van der Waals surface area contributed by atoms with Crippen LogP contribution in [0.2, 0.25) is 0 Å². The summed E-state index contributed by atoms with van der Waals surface area (Å²) < 4.78 is 45.3. The van der Waals surface area contributed by atoms with Crippen molar-refractivity contribution in [3.63, 3.8) is 0 Å². The second-order valence-corrected chi connectivity index (χ2v) is 6.38. The molecular weight excluding hydrogens is 333 g/mol. The molecule has 0 saturated heterocycles. The van der Waals surface area contributed by atoms with Crippen molar-refractivity contribution in [2.75, 3.05) is 0 Å². The number of halogens is 3. The van der Waals surface area contributed by atoms with Crippen LogP contribution in [-0.4, -0.2) is 22.8 Å². The van der Waals surface area contributed by atoms with E-state index in [4.69, 9.17) is 14.9 Å². The highest BCUT2D eigenvalue weighted by Crippen LogP contribution is 2.20. The molecular formula is C19H29F3O3. The van der Waals surface area contributed by atoms with Crippen molar-refractivity contribution in [1.82, 2.24) is 0 Å². The standard InChI is InChI=1S/C19H29F3O3/c1-2-3-4-5-6-7-8-9-15(25-19(23)24)10-11-16-17(21)12-14(20)13-18(16)22/h12-13,15,19,23-24H,2-11H2,1H3. The van der Waals surface area contributed by atoms with Gasteiger partial charge in [-0.05, 0) is 19.3 Å². The molecule has 0 radical (unpaired) electrons. The van der Waals surface area contributed by atoms with Gasteiger partial charge in [0.25, 0.3) is 6.48 Å². The van der Waals surface area contributed by atoms with Gasteiger partial charge in [0.05, 0.1) is 6.10 Å². The van der Waals surface area contributed by atoms with Gasteiger partial charge in [0.1, 0.15) is 17.5 Å². The van der Waals surface area contributed by atoms with Crippen LogP contribution in [-0.2, 0) is 11.2 Å². The van der Waals surface area contributed by atoms with Gasteiger partial charge in [-0.2, -0.15) is 0 Å². The third-order valence-corrected chi connectivity index (χ3v) is 4.27. The van der Waals surface area contributed by atoms with Crippen LogP contribution < -0.4 is 0 Å². The summed E-state index contributed by atoms with van der Waals surface area (Å²) in [5.41, 5.74) is -0.206. The van der Waals surface area contributed by atoms with Gasteiger partial charge in [0, 0.05) is 17.7 Å². The number of ether oxygens (including phenoxy) is 1. The largest absolute Gasteiger partial charge is 0.346 e.